The molecule has 106 valence electrons. The predicted molar refractivity (Wildman–Crippen MR) is 71.8 cm³/mol. The smallest absolute Gasteiger partial charge is 0.318 e. The standard InChI is InChI=1S/C11H13N5O3S/c1-6(9(17)13-10(12)18)20-11-15-14-8(16(11)2)7-4-3-5-19-7/h3-6H,1-2H3,(H3,12,13,17,18). The van der Waals surface area contributed by atoms with Crippen LogP contribution in [-0.4, -0.2) is 32.0 Å². The summed E-state index contributed by atoms with van der Waals surface area (Å²) in [5.74, 6) is 0.658. The van der Waals surface area contributed by atoms with Gasteiger partial charge in [-0.15, -0.1) is 10.2 Å². The number of primary amides is 1. The van der Waals surface area contributed by atoms with Gasteiger partial charge in [-0.1, -0.05) is 11.8 Å². The van der Waals surface area contributed by atoms with Crippen molar-refractivity contribution < 1.29 is 14.0 Å². The van der Waals surface area contributed by atoms with Crippen LogP contribution in [0.15, 0.2) is 28.0 Å². The van der Waals surface area contributed by atoms with E-state index in [1.165, 1.54) is 11.8 Å². The van der Waals surface area contributed by atoms with Crippen LogP contribution in [0.4, 0.5) is 4.79 Å². The molecular formula is C11H13N5O3S. The number of imide groups is 1. The summed E-state index contributed by atoms with van der Waals surface area (Å²) in [6.07, 6.45) is 1.54. The van der Waals surface area contributed by atoms with Crippen molar-refractivity contribution in [2.24, 2.45) is 12.8 Å². The van der Waals surface area contributed by atoms with Crippen LogP contribution in [0.2, 0.25) is 0 Å². The average Bonchev–Trinajstić information content (AvgIpc) is 2.99. The second-order valence-electron chi connectivity index (χ2n) is 3.96. The van der Waals surface area contributed by atoms with Crippen LogP contribution in [0.3, 0.4) is 0 Å². The third-order valence-corrected chi connectivity index (χ3v) is 3.61. The molecule has 3 N–H and O–H groups in total. The Morgan fingerprint density at radius 3 is 2.85 bits per heavy atom. The second kappa shape index (κ2) is 5.78. The van der Waals surface area contributed by atoms with Crippen molar-refractivity contribution in [1.82, 2.24) is 20.1 Å². The highest BCUT2D eigenvalue weighted by Crippen LogP contribution is 2.25. The molecule has 0 aromatic carbocycles. The van der Waals surface area contributed by atoms with Crippen LogP contribution in [-0.2, 0) is 11.8 Å². The zero-order chi connectivity index (χ0) is 14.7. The van der Waals surface area contributed by atoms with Crippen LogP contribution >= 0.6 is 11.8 Å². The minimum absolute atomic E-state index is 0.481. The number of amides is 3. The quantitative estimate of drug-likeness (QED) is 0.804. The number of nitrogens with one attached hydrogen (secondary N) is 1. The first-order valence-electron chi connectivity index (χ1n) is 5.69. The van der Waals surface area contributed by atoms with E-state index < -0.39 is 17.2 Å². The van der Waals surface area contributed by atoms with Crippen molar-refractivity contribution in [3.63, 3.8) is 0 Å². The van der Waals surface area contributed by atoms with Crippen molar-refractivity contribution in [2.75, 3.05) is 0 Å². The Labute approximate surface area is 118 Å². The van der Waals surface area contributed by atoms with Crippen molar-refractivity contribution in [1.29, 1.82) is 0 Å². The van der Waals surface area contributed by atoms with E-state index in [9.17, 15) is 9.59 Å². The summed E-state index contributed by atoms with van der Waals surface area (Å²) in [7, 11) is 1.76. The predicted octanol–water partition coefficient (Wildman–Crippen LogP) is 0.751. The first-order valence-corrected chi connectivity index (χ1v) is 6.57. The van der Waals surface area contributed by atoms with Crippen LogP contribution in [0.25, 0.3) is 11.6 Å². The van der Waals surface area contributed by atoms with E-state index in [2.05, 4.69) is 10.2 Å². The average molecular weight is 295 g/mol. The highest BCUT2D eigenvalue weighted by atomic mass is 32.2. The Kier molecular flexibility index (Phi) is 4.08. The van der Waals surface area contributed by atoms with Gasteiger partial charge in [0.1, 0.15) is 0 Å². The van der Waals surface area contributed by atoms with E-state index >= 15 is 0 Å². The highest BCUT2D eigenvalue weighted by molar-refractivity contribution is 8.00. The summed E-state index contributed by atoms with van der Waals surface area (Å²) < 4.78 is 6.95. The van der Waals surface area contributed by atoms with Crippen molar-refractivity contribution in [2.45, 2.75) is 17.3 Å². The van der Waals surface area contributed by atoms with E-state index in [1.54, 1.807) is 36.9 Å². The highest BCUT2D eigenvalue weighted by Gasteiger charge is 2.20. The Balaban J connectivity index is 2.11. The van der Waals surface area contributed by atoms with Gasteiger partial charge in [-0.2, -0.15) is 0 Å². The van der Waals surface area contributed by atoms with Gasteiger partial charge in [0.2, 0.25) is 5.91 Å². The van der Waals surface area contributed by atoms with E-state index in [-0.39, 0.29) is 0 Å². The molecule has 1 atom stereocenters. The fraction of sp³-hybridized carbons (Fsp3) is 0.273. The summed E-state index contributed by atoms with van der Waals surface area (Å²) >= 11 is 1.17. The van der Waals surface area contributed by atoms with Gasteiger partial charge in [0.25, 0.3) is 0 Å². The number of furan rings is 1. The van der Waals surface area contributed by atoms with Crippen LogP contribution in [0, 0.1) is 0 Å². The lowest BCUT2D eigenvalue weighted by Gasteiger charge is -2.09. The molecule has 0 fully saturated rings. The number of carbonyl (C=O) groups excluding carboxylic acids is 2. The lowest BCUT2D eigenvalue weighted by atomic mass is 10.4. The number of rotatable bonds is 4. The minimum atomic E-state index is -0.878. The number of hydrogen-bond donors (Lipinski definition) is 2. The monoisotopic (exact) mass is 295 g/mol. The summed E-state index contributed by atoms with van der Waals surface area (Å²) in [6.45, 7) is 1.64. The third kappa shape index (κ3) is 2.99. The van der Waals surface area contributed by atoms with Crippen molar-refractivity contribution >= 4 is 23.7 Å². The Hall–Kier alpha value is -2.29. The molecule has 0 saturated carbocycles. The SMILES string of the molecule is CC(Sc1nnc(-c2ccco2)n1C)C(=O)NC(N)=O. The molecule has 20 heavy (non-hydrogen) atoms. The molecule has 0 aliphatic heterocycles. The van der Waals surface area contributed by atoms with E-state index in [4.69, 9.17) is 10.2 Å². The van der Waals surface area contributed by atoms with Crippen molar-refractivity contribution in [3.05, 3.63) is 18.4 Å². The topological polar surface area (TPSA) is 116 Å². The number of hydrogen-bond acceptors (Lipinski definition) is 6. The molecule has 0 aliphatic rings. The molecule has 0 radical (unpaired) electrons. The van der Waals surface area contributed by atoms with Gasteiger partial charge in [-0.25, -0.2) is 4.79 Å². The molecule has 3 amide bonds. The van der Waals surface area contributed by atoms with Gasteiger partial charge >= 0.3 is 6.03 Å². The Morgan fingerprint density at radius 1 is 1.50 bits per heavy atom. The van der Waals surface area contributed by atoms with Gasteiger partial charge in [0, 0.05) is 7.05 Å². The second-order valence-corrected chi connectivity index (χ2v) is 5.26. The number of urea groups is 1. The number of aromatic nitrogens is 3. The molecule has 9 heteroatoms. The Morgan fingerprint density at radius 2 is 2.25 bits per heavy atom. The van der Waals surface area contributed by atoms with Crippen LogP contribution in [0.5, 0.6) is 0 Å². The van der Waals surface area contributed by atoms with Crippen molar-refractivity contribution in [3.8, 4) is 11.6 Å². The van der Waals surface area contributed by atoms with Gasteiger partial charge in [-0.05, 0) is 19.1 Å². The molecule has 2 aromatic heterocycles. The van der Waals surface area contributed by atoms with E-state index in [0.717, 1.165) is 0 Å². The minimum Gasteiger partial charge on any atom is -0.461 e. The van der Waals surface area contributed by atoms with Gasteiger partial charge < -0.3 is 14.7 Å². The third-order valence-electron chi connectivity index (χ3n) is 2.47. The van der Waals surface area contributed by atoms with Crippen LogP contribution < -0.4 is 11.1 Å². The number of nitrogens with zero attached hydrogens (tertiary/aromatic N) is 3. The molecule has 0 saturated heterocycles. The maximum absolute atomic E-state index is 11.6. The maximum Gasteiger partial charge on any atom is 0.318 e. The van der Waals surface area contributed by atoms with Gasteiger partial charge in [0.05, 0.1) is 11.5 Å². The normalized spacial score (nSPS) is 12.1. The molecular weight excluding hydrogens is 282 g/mol. The summed E-state index contributed by atoms with van der Waals surface area (Å²) in [5, 5.41) is 10.0. The summed E-state index contributed by atoms with van der Waals surface area (Å²) in [5.41, 5.74) is 4.90. The lowest BCUT2D eigenvalue weighted by Crippen LogP contribution is -2.39. The number of nitrogens with two attached hydrogens (primary N) is 1. The van der Waals surface area contributed by atoms with Crippen LogP contribution in [0.1, 0.15) is 6.92 Å². The molecule has 8 nitrogen and oxygen atoms in total. The molecule has 0 spiro atoms. The van der Waals surface area contributed by atoms with Gasteiger partial charge in [0.15, 0.2) is 16.7 Å². The molecule has 1 unspecified atom stereocenters. The number of carbonyl (C=O) groups is 2. The maximum atomic E-state index is 11.6. The lowest BCUT2D eigenvalue weighted by molar-refractivity contribution is -0.119. The van der Waals surface area contributed by atoms with Gasteiger partial charge in [-0.3, -0.25) is 10.1 Å². The largest absolute Gasteiger partial charge is 0.461 e. The fourth-order valence-corrected chi connectivity index (χ4v) is 2.29. The first kappa shape index (κ1) is 14.1. The zero-order valence-electron chi connectivity index (χ0n) is 10.9. The summed E-state index contributed by atoms with van der Waals surface area (Å²) in [4.78, 5) is 22.2. The molecule has 0 bridgehead atoms. The molecule has 2 aromatic rings. The summed E-state index contributed by atoms with van der Waals surface area (Å²) in [6, 6.07) is 2.64. The van der Waals surface area contributed by atoms with E-state index in [1.807, 2.05) is 5.32 Å². The first-order chi connectivity index (χ1) is 9.49. The number of thioether (sulfide) groups is 1. The molecule has 2 rings (SSSR count). The Bertz CT molecular complexity index is 622. The molecule has 0 aliphatic carbocycles. The zero-order valence-corrected chi connectivity index (χ0v) is 11.7. The van der Waals surface area contributed by atoms with E-state index in [0.29, 0.717) is 16.7 Å². The molecule has 2 heterocycles. The fourth-order valence-electron chi connectivity index (χ4n) is 1.47.